The predicted molar refractivity (Wildman–Crippen MR) is 123 cm³/mol. The van der Waals surface area contributed by atoms with Gasteiger partial charge in [0, 0.05) is 41.8 Å². The average molecular weight is 418 g/mol. The lowest BCUT2D eigenvalue weighted by Crippen LogP contribution is -2.37. The largest absolute Gasteiger partial charge is 0.378 e. The van der Waals surface area contributed by atoms with E-state index in [0.717, 1.165) is 41.5 Å². The maximum Gasteiger partial charge on any atom is 0.255 e. The van der Waals surface area contributed by atoms with Crippen molar-refractivity contribution >= 4 is 29.0 Å². The molecule has 0 spiro atoms. The highest BCUT2D eigenvalue weighted by molar-refractivity contribution is 6.04. The van der Waals surface area contributed by atoms with Gasteiger partial charge in [-0.2, -0.15) is 4.98 Å². The van der Waals surface area contributed by atoms with Crippen molar-refractivity contribution in [3.05, 3.63) is 70.9 Å². The van der Waals surface area contributed by atoms with Gasteiger partial charge in [0.1, 0.15) is 5.82 Å². The predicted octanol–water partition coefficient (Wildman–Crippen LogP) is 4.23. The van der Waals surface area contributed by atoms with E-state index < -0.39 is 0 Å². The maximum absolute atomic E-state index is 12.5. The summed E-state index contributed by atoms with van der Waals surface area (Å²) in [5, 5.41) is 6.27. The Kier molecular flexibility index (Phi) is 6.13. The number of anilines is 4. The van der Waals surface area contributed by atoms with Gasteiger partial charge >= 0.3 is 0 Å². The summed E-state index contributed by atoms with van der Waals surface area (Å²) in [4.78, 5) is 23.9. The van der Waals surface area contributed by atoms with Crippen molar-refractivity contribution in [2.24, 2.45) is 0 Å². The van der Waals surface area contributed by atoms with Gasteiger partial charge in [-0.05, 0) is 68.3 Å². The number of morpholine rings is 1. The van der Waals surface area contributed by atoms with Crippen molar-refractivity contribution in [3.63, 3.8) is 0 Å². The first kappa shape index (κ1) is 20.8. The third-order valence-corrected chi connectivity index (χ3v) is 5.32. The summed E-state index contributed by atoms with van der Waals surface area (Å²) < 4.78 is 5.41. The molecule has 1 aromatic heterocycles. The number of nitrogens with zero attached hydrogens (tertiary/aromatic N) is 3. The van der Waals surface area contributed by atoms with Crippen LogP contribution < -0.4 is 15.5 Å². The van der Waals surface area contributed by atoms with Gasteiger partial charge in [-0.15, -0.1) is 0 Å². The van der Waals surface area contributed by atoms with Gasteiger partial charge in [-0.1, -0.05) is 6.07 Å². The zero-order valence-electron chi connectivity index (χ0n) is 18.1. The van der Waals surface area contributed by atoms with E-state index in [1.807, 2.05) is 69.3 Å². The molecule has 2 heterocycles. The molecule has 0 unspecified atom stereocenters. The van der Waals surface area contributed by atoms with Crippen LogP contribution >= 0.6 is 0 Å². The van der Waals surface area contributed by atoms with Crippen LogP contribution in [0.5, 0.6) is 0 Å². The molecule has 2 aromatic carbocycles. The normalized spacial score (nSPS) is 13.7. The molecular formula is C24H27N5O2. The van der Waals surface area contributed by atoms with E-state index in [1.165, 1.54) is 5.56 Å². The summed E-state index contributed by atoms with van der Waals surface area (Å²) in [6.07, 6.45) is 0. The molecule has 0 aliphatic carbocycles. The molecule has 1 fully saturated rings. The van der Waals surface area contributed by atoms with Crippen molar-refractivity contribution in [1.82, 2.24) is 9.97 Å². The summed E-state index contributed by atoms with van der Waals surface area (Å²) in [5.74, 6) is 1.33. The summed E-state index contributed by atoms with van der Waals surface area (Å²) in [7, 11) is 0. The summed E-state index contributed by atoms with van der Waals surface area (Å²) in [5.41, 5.74) is 5.44. The Bertz CT molecular complexity index is 1080. The Morgan fingerprint density at radius 1 is 0.903 bits per heavy atom. The third kappa shape index (κ3) is 5.19. The van der Waals surface area contributed by atoms with Crippen molar-refractivity contribution in [2.75, 3.05) is 41.8 Å². The molecule has 7 nitrogen and oxygen atoms in total. The van der Waals surface area contributed by atoms with Gasteiger partial charge in [-0.3, -0.25) is 4.79 Å². The van der Waals surface area contributed by atoms with E-state index in [1.54, 1.807) is 0 Å². The first-order valence-electron chi connectivity index (χ1n) is 10.4. The van der Waals surface area contributed by atoms with Gasteiger partial charge in [0.15, 0.2) is 0 Å². The van der Waals surface area contributed by atoms with Crippen LogP contribution in [-0.4, -0.2) is 42.2 Å². The molecule has 1 saturated heterocycles. The lowest BCUT2D eigenvalue weighted by molar-refractivity contribution is 0.102. The molecule has 1 aliphatic rings. The fraction of sp³-hybridized carbons (Fsp3) is 0.292. The molecule has 4 rings (SSSR count). The van der Waals surface area contributed by atoms with Gasteiger partial charge < -0.3 is 20.3 Å². The number of nitrogens with one attached hydrogen (secondary N) is 2. The van der Waals surface area contributed by atoms with Crippen molar-refractivity contribution in [2.45, 2.75) is 20.8 Å². The average Bonchev–Trinajstić information content (AvgIpc) is 2.77. The number of carbonyl (C=O) groups excluding carboxylic acids is 1. The molecule has 1 amide bonds. The molecule has 0 bridgehead atoms. The summed E-state index contributed by atoms with van der Waals surface area (Å²) in [6.45, 7) is 8.96. The Morgan fingerprint density at radius 2 is 1.61 bits per heavy atom. The van der Waals surface area contributed by atoms with Gasteiger partial charge in [0.25, 0.3) is 5.91 Å². The van der Waals surface area contributed by atoms with Gasteiger partial charge in [-0.25, -0.2) is 4.98 Å². The quantitative estimate of drug-likeness (QED) is 0.647. The number of aromatic nitrogens is 2. The van der Waals surface area contributed by atoms with Crippen molar-refractivity contribution in [3.8, 4) is 0 Å². The molecule has 1 aliphatic heterocycles. The monoisotopic (exact) mass is 417 g/mol. The number of hydrogen-bond acceptors (Lipinski definition) is 6. The number of aryl methyl sites for hydroxylation is 3. The lowest BCUT2D eigenvalue weighted by atomic mass is 10.1. The van der Waals surface area contributed by atoms with Gasteiger partial charge in [0.2, 0.25) is 5.95 Å². The zero-order chi connectivity index (χ0) is 21.8. The Balaban J connectivity index is 1.43. The topological polar surface area (TPSA) is 79.4 Å². The highest BCUT2D eigenvalue weighted by Gasteiger charge is 2.15. The minimum Gasteiger partial charge on any atom is -0.378 e. The van der Waals surface area contributed by atoms with Gasteiger partial charge in [0.05, 0.1) is 13.2 Å². The minimum absolute atomic E-state index is 0.120. The zero-order valence-corrected chi connectivity index (χ0v) is 18.1. The summed E-state index contributed by atoms with van der Waals surface area (Å²) >= 11 is 0. The van der Waals surface area contributed by atoms with Crippen molar-refractivity contribution in [1.29, 1.82) is 0 Å². The number of amides is 1. The second-order valence-corrected chi connectivity index (χ2v) is 7.75. The molecule has 31 heavy (non-hydrogen) atoms. The van der Waals surface area contributed by atoms with Crippen LogP contribution in [0.1, 0.15) is 27.2 Å². The fourth-order valence-electron chi connectivity index (χ4n) is 3.39. The molecule has 2 N–H and O–H groups in total. The SMILES string of the molecule is Cc1cc(Nc2ccc(NC(=O)c3ccc(C)c(C)c3)cc2)nc(N2CCOCC2)n1. The van der Waals surface area contributed by atoms with E-state index in [-0.39, 0.29) is 5.91 Å². The molecule has 7 heteroatoms. The smallest absolute Gasteiger partial charge is 0.255 e. The van der Waals surface area contributed by atoms with Crippen LogP contribution in [0.3, 0.4) is 0 Å². The Hall–Kier alpha value is -3.45. The number of benzene rings is 2. The van der Waals surface area contributed by atoms with E-state index in [4.69, 9.17) is 4.74 Å². The highest BCUT2D eigenvalue weighted by atomic mass is 16.5. The van der Waals surface area contributed by atoms with E-state index in [2.05, 4.69) is 25.5 Å². The minimum atomic E-state index is -0.120. The van der Waals surface area contributed by atoms with Crippen LogP contribution in [0.4, 0.5) is 23.1 Å². The van der Waals surface area contributed by atoms with Crippen LogP contribution in [0.2, 0.25) is 0 Å². The van der Waals surface area contributed by atoms with E-state index >= 15 is 0 Å². The number of rotatable bonds is 5. The second kappa shape index (κ2) is 9.14. The van der Waals surface area contributed by atoms with E-state index in [9.17, 15) is 4.79 Å². The highest BCUT2D eigenvalue weighted by Crippen LogP contribution is 2.21. The van der Waals surface area contributed by atoms with Crippen LogP contribution in [0.25, 0.3) is 0 Å². The fourth-order valence-corrected chi connectivity index (χ4v) is 3.39. The van der Waals surface area contributed by atoms with Crippen LogP contribution in [0, 0.1) is 20.8 Å². The second-order valence-electron chi connectivity index (χ2n) is 7.75. The molecule has 0 saturated carbocycles. The Morgan fingerprint density at radius 3 is 2.32 bits per heavy atom. The van der Waals surface area contributed by atoms with Crippen LogP contribution in [0.15, 0.2) is 48.5 Å². The molecule has 3 aromatic rings. The van der Waals surface area contributed by atoms with E-state index in [0.29, 0.717) is 24.7 Å². The first-order chi connectivity index (χ1) is 15.0. The lowest BCUT2D eigenvalue weighted by Gasteiger charge is -2.27. The standard InChI is InChI=1S/C24H27N5O2/c1-16-4-5-19(14-17(16)2)23(30)27-21-8-6-20(7-9-21)26-22-15-18(3)25-24(28-22)29-10-12-31-13-11-29/h4-9,14-15H,10-13H2,1-3H3,(H,27,30)(H,25,26,28). The molecule has 0 atom stereocenters. The number of carbonyl (C=O) groups is 1. The number of ether oxygens (including phenoxy) is 1. The summed E-state index contributed by atoms with van der Waals surface area (Å²) in [6, 6.07) is 15.2. The molecular weight excluding hydrogens is 390 g/mol. The molecule has 160 valence electrons. The third-order valence-electron chi connectivity index (χ3n) is 5.32. The molecule has 0 radical (unpaired) electrons. The van der Waals surface area contributed by atoms with Crippen molar-refractivity contribution < 1.29 is 9.53 Å². The first-order valence-corrected chi connectivity index (χ1v) is 10.4. The maximum atomic E-state index is 12.5. The van der Waals surface area contributed by atoms with Crippen LogP contribution in [-0.2, 0) is 4.74 Å². The Labute approximate surface area is 182 Å². The number of hydrogen-bond donors (Lipinski definition) is 2.